The quantitative estimate of drug-likeness (QED) is 0.807. The van der Waals surface area contributed by atoms with E-state index >= 15 is 0 Å². The summed E-state index contributed by atoms with van der Waals surface area (Å²) in [5.41, 5.74) is -1.63. The molecule has 0 unspecified atom stereocenters. The normalized spacial score (nSPS) is 19.7. The number of piperidine rings is 1. The van der Waals surface area contributed by atoms with Crippen LogP contribution in [0, 0.1) is 5.41 Å². The summed E-state index contributed by atoms with van der Waals surface area (Å²) < 4.78 is 59.3. The van der Waals surface area contributed by atoms with Crippen molar-refractivity contribution < 1.29 is 36.3 Å². The molecular formula is C10H14F3NO5S. The topological polar surface area (TPSA) is 91.8 Å². The predicted molar refractivity (Wildman–Crippen MR) is 61.6 cm³/mol. The van der Waals surface area contributed by atoms with E-state index in [1.165, 1.54) is 0 Å². The molecule has 1 aliphatic rings. The number of likely N-dealkylation sites (tertiary alicyclic amines) is 1. The first-order valence-corrected chi connectivity index (χ1v) is 7.71. The molecule has 1 rings (SSSR count). The molecule has 0 aromatic carbocycles. The largest absolute Gasteiger partial charge is 0.481 e. The highest BCUT2D eigenvalue weighted by Gasteiger charge is 2.49. The third-order valence-corrected chi connectivity index (χ3v) is 4.32. The van der Waals surface area contributed by atoms with E-state index in [4.69, 9.17) is 5.11 Å². The maximum absolute atomic E-state index is 12.3. The highest BCUT2D eigenvalue weighted by molar-refractivity contribution is 7.90. The molecule has 0 saturated carbocycles. The third kappa shape index (κ3) is 3.84. The summed E-state index contributed by atoms with van der Waals surface area (Å²) in [5, 5.41) is 9.15. The van der Waals surface area contributed by atoms with Crippen LogP contribution in [0.5, 0.6) is 0 Å². The van der Waals surface area contributed by atoms with Crippen LogP contribution < -0.4 is 0 Å². The van der Waals surface area contributed by atoms with Gasteiger partial charge in [0.15, 0.2) is 0 Å². The van der Waals surface area contributed by atoms with Crippen LogP contribution >= 0.6 is 0 Å². The molecule has 0 aromatic rings. The van der Waals surface area contributed by atoms with Gasteiger partial charge in [0, 0.05) is 19.3 Å². The van der Waals surface area contributed by atoms with Crippen LogP contribution in [-0.2, 0) is 19.4 Å². The number of rotatable bonds is 3. The highest BCUT2D eigenvalue weighted by atomic mass is 32.2. The van der Waals surface area contributed by atoms with Gasteiger partial charge in [-0.1, -0.05) is 0 Å². The lowest BCUT2D eigenvalue weighted by Gasteiger charge is -2.38. The Labute approximate surface area is 113 Å². The Morgan fingerprint density at radius 2 is 1.70 bits per heavy atom. The average molecular weight is 317 g/mol. The molecule has 20 heavy (non-hydrogen) atoms. The second kappa shape index (κ2) is 5.23. The molecule has 0 aliphatic carbocycles. The fourth-order valence-corrected chi connectivity index (χ4v) is 3.65. The number of alkyl halides is 3. The maximum atomic E-state index is 12.3. The molecule has 1 N–H and O–H groups in total. The SMILES string of the molecule is CS(=O)(=O)CC1(C(=O)O)CCN(C(=O)C(F)(F)F)CC1. The molecule has 6 nitrogen and oxygen atoms in total. The summed E-state index contributed by atoms with van der Waals surface area (Å²) in [6.07, 6.45) is -4.79. The number of carbonyl (C=O) groups excluding carboxylic acids is 1. The highest BCUT2D eigenvalue weighted by Crippen LogP contribution is 2.34. The number of carboxylic acid groups (broad SMARTS) is 1. The van der Waals surface area contributed by atoms with E-state index in [0.717, 1.165) is 6.26 Å². The van der Waals surface area contributed by atoms with Crippen molar-refractivity contribution in [2.45, 2.75) is 19.0 Å². The number of carbonyl (C=O) groups is 2. The first-order chi connectivity index (χ1) is 8.87. The molecule has 10 heteroatoms. The van der Waals surface area contributed by atoms with Gasteiger partial charge in [-0.3, -0.25) is 9.59 Å². The van der Waals surface area contributed by atoms with E-state index in [9.17, 15) is 31.2 Å². The van der Waals surface area contributed by atoms with Crippen LogP contribution in [0.15, 0.2) is 0 Å². The zero-order valence-electron chi connectivity index (χ0n) is 10.6. The minimum atomic E-state index is -5.01. The number of hydrogen-bond donors (Lipinski definition) is 1. The molecular weight excluding hydrogens is 303 g/mol. The number of carboxylic acids is 1. The van der Waals surface area contributed by atoms with Crippen molar-refractivity contribution in [3.63, 3.8) is 0 Å². The zero-order valence-corrected chi connectivity index (χ0v) is 11.4. The summed E-state index contributed by atoms with van der Waals surface area (Å²) >= 11 is 0. The van der Waals surface area contributed by atoms with Crippen molar-refractivity contribution in [3.8, 4) is 0 Å². The summed E-state index contributed by atoms with van der Waals surface area (Å²) in [6, 6.07) is 0. The number of hydrogen-bond acceptors (Lipinski definition) is 4. The van der Waals surface area contributed by atoms with Crippen molar-refractivity contribution in [2.75, 3.05) is 25.1 Å². The smallest absolute Gasteiger partial charge is 0.471 e. The van der Waals surface area contributed by atoms with Gasteiger partial charge in [-0.2, -0.15) is 13.2 Å². The Morgan fingerprint density at radius 3 is 2.00 bits per heavy atom. The Balaban J connectivity index is 2.85. The molecule has 1 heterocycles. The molecule has 116 valence electrons. The van der Waals surface area contributed by atoms with Crippen molar-refractivity contribution in [3.05, 3.63) is 0 Å². The number of halogens is 3. The minimum absolute atomic E-state index is 0.322. The average Bonchev–Trinajstić information content (AvgIpc) is 2.25. The monoisotopic (exact) mass is 317 g/mol. The molecule has 0 spiro atoms. The van der Waals surface area contributed by atoms with Crippen molar-refractivity contribution in [1.29, 1.82) is 0 Å². The maximum Gasteiger partial charge on any atom is 0.471 e. The molecule has 0 radical (unpaired) electrons. The number of sulfone groups is 1. The van der Waals surface area contributed by atoms with Crippen molar-refractivity contribution in [2.24, 2.45) is 5.41 Å². The minimum Gasteiger partial charge on any atom is -0.481 e. The number of amides is 1. The Hall–Kier alpha value is -1.32. The molecule has 1 aliphatic heterocycles. The van der Waals surface area contributed by atoms with Gasteiger partial charge in [0.1, 0.15) is 9.84 Å². The lowest BCUT2D eigenvalue weighted by atomic mass is 9.80. The lowest BCUT2D eigenvalue weighted by molar-refractivity contribution is -0.188. The van der Waals surface area contributed by atoms with Gasteiger partial charge in [-0.25, -0.2) is 8.42 Å². The summed E-state index contributed by atoms with van der Waals surface area (Å²) in [7, 11) is -3.60. The van der Waals surface area contributed by atoms with E-state index in [-0.39, 0.29) is 12.8 Å². The van der Waals surface area contributed by atoms with Crippen LogP contribution in [0.1, 0.15) is 12.8 Å². The van der Waals surface area contributed by atoms with Crippen LogP contribution in [0.4, 0.5) is 13.2 Å². The molecule has 0 atom stereocenters. The van der Waals surface area contributed by atoms with Gasteiger partial charge >= 0.3 is 18.1 Å². The lowest BCUT2D eigenvalue weighted by Crippen LogP contribution is -2.52. The van der Waals surface area contributed by atoms with Gasteiger partial charge in [-0.05, 0) is 12.8 Å². The van der Waals surface area contributed by atoms with Crippen LogP contribution in [0.25, 0.3) is 0 Å². The van der Waals surface area contributed by atoms with Crippen molar-refractivity contribution in [1.82, 2.24) is 4.90 Å². The Bertz CT molecular complexity index is 505. The van der Waals surface area contributed by atoms with Gasteiger partial charge in [0.05, 0.1) is 11.2 Å². The molecule has 1 amide bonds. The van der Waals surface area contributed by atoms with Gasteiger partial charge < -0.3 is 10.0 Å². The van der Waals surface area contributed by atoms with Crippen LogP contribution in [0.2, 0.25) is 0 Å². The van der Waals surface area contributed by atoms with Crippen LogP contribution in [-0.4, -0.2) is 61.6 Å². The van der Waals surface area contributed by atoms with E-state index in [1.807, 2.05) is 0 Å². The fraction of sp³-hybridized carbons (Fsp3) is 0.800. The summed E-state index contributed by atoms with van der Waals surface area (Å²) in [6.45, 7) is -0.861. The number of aliphatic carboxylic acids is 1. The zero-order chi connectivity index (χ0) is 15.8. The molecule has 1 saturated heterocycles. The van der Waals surface area contributed by atoms with Crippen LogP contribution in [0.3, 0.4) is 0 Å². The standard InChI is InChI=1S/C10H14F3NO5S/c1-20(18,19)6-9(8(16)17)2-4-14(5-3-9)7(15)10(11,12)13/h2-6H2,1H3,(H,16,17). The summed E-state index contributed by atoms with van der Waals surface area (Å²) in [5.74, 6) is -4.05. The second-order valence-electron chi connectivity index (χ2n) is 4.95. The first kappa shape index (κ1) is 16.7. The van der Waals surface area contributed by atoms with E-state index < -0.39 is 52.1 Å². The summed E-state index contributed by atoms with van der Waals surface area (Å²) in [4.78, 5) is 22.8. The van der Waals surface area contributed by atoms with Gasteiger partial charge in [-0.15, -0.1) is 0 Å². The molecule has 0 bridgehead atoms. The van der Waals surface area contributed by atoms with Gasteiger partial charge in [0.2, 0.25) is 0 Å². The molecule has 1 fully saturated rings. The Morgan fingerprint density at radius 1 is 1.25 bits per heavy atom. The first-order valence-electron chi connectivity index (χ1n) is 5.65. The van der Waals surface area contributed by atoms with Gasteiger partial charge in [0.25, 0.3) is 0 Å². The van der Waals surface area contributed by atoms with E-state index in [2.05, 4.69) is 0 Å². The van der Waals surface area contributed by atoms with E-state index in [1.54, 1.807) is 0 Å². The van der Waals surface area contributed by atoms with Crippen molar-refractivity contribution >= 4 is 21.7 Å². The van der Waals surface area contributed by atoms with E-state index in [0.29, 0.717) is 4.90 Å². The number of nitrogens with zero attached hydrogens (tertiary/aromatic N) is 1. The predicted octanol–water partition coefficient (Wildman–Crippen LogP) is 0.287. The molecule has 0 aromatic heterocycles. The third-order valence-electron chi connectivity index (χ3n) is 3.24. The fourth-order valence-electron chi connectivity index (χ4n) is 2.24. The second-order valence-corrected chi connectivity index (χ2v) is 7.09. The Kier molecular flexibility index (Phi) is 4.37.